The summed E-state index contributed by atoms with van der Waals surface area (Å²) >= 11 is 1.39. The first kappa shape index (κ1) is 20.0. The van der Waals surface area contributed by atoms with Gasteiger partial charge in [-0.2, -0.15) is 0 Å². The van der Waals surface area contributed by atoms with Crippen LogP contribution in [0.25, 0.3) is 11.0 Å². The van der Waals surface area contributed by atoms with Crippen molar-refractivity contribution in [2.45, 2.75) is 30.6 Å². The Hall–Kier alpha value is -2.32. The van der Waals surface area contributed by atoms with Gasteiger partial charge in [0, 0.05) is 12.6 Å². The lowest BCUT2D eigenvalue weighted by atomic mass is 10.1. The van der Waals surface area contributed by atoms with Crippen molar-refractivity contribution in [3.05, 3.63) is 60.2 Å². The van der Waals surface area contributed by atoms with Gasteiger partial charge in [-0.3, -0.25) is 4.79 Å². The highest BCUT2D eigenvalue weighted by atomic mass is 32.2. The second-order valence-electron chi connectivity index (χ2n) is 7.23. The van der Waals surface area contributed by atoms with Crippen molar-refractivity contribution in [3.8, 4) is 0 Å². The van der Waals surface area contributed by atoms with Gasteiger partial charge in [-0.25, -0.2) is 13.4 Å². The number of carbonyl (C=O) groups is 1. The van der Waals surface area contributed by atoms with Crippen molar-refractivity contribution >= 4 is 38.5 Å². The van der Waals surface area contributed by atoms with Gasteiger partial charge < -0.3 is 9.88 Å². The van der Waals surface area contributed by atoms with Crippen LogP contribution in [0.4, 0.5) is 0 Å². The number of nitrogens with zero attached hydrogens (tertiary/aromatic N) is 2. The topological polar surface area (TPSA) is 81.1 Å². The highest BCUT2D eigenvalue weighted by molar-refractivity contribution is 7.99. The Morgan fingerprint density at radius 1 is 1.14 bits per heavy atom. The van der Waals surface area contributed by atoms with Crippen LogP contribution in [0.15, 0.2) is 59.8 Å². The van der Waals surface area contributed by atoms with Gasteiger partial charge in [-0.05, 0) is 30.5 Å². The number of amides is 1. The molecule has 3 aromatic rings. The number of hydrogen-bond donors (Lipinski definition) is 1. The van der Waals surface area contributed by atoms with E-state index in [0.29, 0.717) is 6.42 Å². The van der Waals surface area contributed by atoms with Crippen molar-refractivity contribution < 1.29 is 13.2 Å². The van der Waals surface area contributed by atoms with Crippen LogP contribution in [0.1, 0.15) is 12.0 Å². The Kier molecular flexibility index (Phi) is 5.91. The van der Waals surface area contributed by atoms with Crippen LogP contribution in [-0.4, -0.2) is 47.2 Å². The summed E-state index contributed by atoms with van der Waals surface area (Å²) in [6.45, 7) is 0.773. The van der Waals surface area contributed by atoms with E-state index in [0.717, 1.165) is 29.2 Å². The lowest BCUT2D eigenvalue weighted by Gasteiger charge is -2.11. The molecule has 0 spiro atoms. The quantitative estimate of drug-likeness (QED) is 0.584. The van der Waals surface area contributed by atoms with Gasteiger partial charge in [0.05, 0.1) is 28.3 Å². The summed E-state index contributed by atoms with van der Waals surface area (Å²) in [6.07, 6.45) is 1.37. The van der Waals surface area contributed by atoms with Crippen LogP contribution in [0.2, 0.25) is 0 Å². The third-order valence-electron chi connectivity index (χ3n) is 5.02. The summed E-state index contributed by atoms with van der Waals surface area (Å²) in [6, 6.07) is 18.0. The first-order valence-corrected chi connectivity index (χ1v) is 12.4. The number of para-hydroxylation sites is 2. The predicted octanol–water partition coefficient (Wildman–Crippen LogP) is 2.67. The van der Waals surface area contributed by atoms with E-state index in [2.05, 4.69) is 22.0 Å². The zero-order chi connectivity index (χ0) is 20.3. The standard InChI is InChI=1S/C21H23N3O3S2/c25-20(22-17-11-13-29(26,27)15-17)14-28-21-23-18-8-4-5-9-19(18)24(21)12-10-16-6-2-1-3-7-16/h1-9,17H,10-15H2,(H,22,25)/t17-/m1/s1. The van der Waals surface area contributed by atoms with Crippen LogP contribution < -0.4 is 5.32 Å². The molecule has 152 valence electrons. The number of nitrogens with one attached hydrogen (secondary N) is 1. The molecule has 1 aliphatic rings. The summed E-state index contributed by atoms with van der Waals surface area (Å²) in [5.74, 6) is 0.253. The van der Waals surface area contributed by atoms with Crippen molar-refractivity contribution in [1.29, 1.82) is 0 Å². The molecule has 0 aliphatic carbocycles. The maximum atomic E-state index is 12.3. The van der Waals surface area contributed by atoms with Gasteiger partial charge >= 0.3 is 0 Å². The van der Waals surface area contributed by atoms with Crippen molar-refractivity contribution in [2.24, 2.45) is 0 Å². The van der Waals surface area contributed by atoms with E-state index in [1.54, 1.807) is 0 Å². The minimum atomic E-state index is -3.00. The molecular weight excluding hydrogens is 406 g/mol. The Morgan fingerprint density at radius 2 is 1.90 bits per heavy atom. The molecule has 0 bridgehead atoms. The second kappa shape index (κ2) is 8.59. The molecule has 0 unspecified atom stereocenters. The molecule has 2 heterocycles. The van der Waals surface area contributed by atoms with Gasteiger partial charge in [-0.15, -0.1) is 0 Å². The molecule has 6 nitrogen and oxygen atoms in total. The van der Waals surface area contributed by atoms with E-state index < -0.39 is 9.84 Å². The summed E-state index contributed by atoms with van der Waals surface area (Å²) < 4.78 is 25.3. The summed E-state index contributed by atoms with van der Waals surface area (Å²) in [5, 5.41) is 3.64. The van der Waals surface area contributed by atoms with Gasteiger partial charge in [0.1, 0.15) is 0 Å². The molecule has 1 fully saturated rings. The number of rotatable bonds is 7. The maximum absolute atomic E-state index is 12.3. The number of hydrogen-bond acceptors (Lipinski definition) is 5. The van der Waals surface area contributed by atoms with E-state index in [-0.39, 0.29) is 29.2 Å². The fourth-order valence-corrected chi connectivity index (χ4v) is 6.10. The Balaban J connectivity index is 1.44. The van der Waals surface area contributed by atoms with E-state index in [1.165, 1.54) is 17.3 Å². The van der Waals surface area contributed by atoms with Gasteiger partial charge in [0.25, 0.3) is 0 Å². The third-order valence-corrected chi connectivity index (χ3v) is 7.76. The Labute approximate surface area is 174 Å². The number of aryl methyl sites for hydroxylation is 2. The number of imidazole rings is 1. The van der Waals surface area contributed by atoms with Crippen LogP contribution >= 0.6 is 11.8 Å². The smallest absolute Gasteiger partial charge is 0.230 e. The molecule has 1 aromatic heterocycles. The Morgan fingerprint density at radius 3 is 2.66 bits per heavy atom. The van der Waals surface area contributed by atoms with E-state index in [4.69, 9.17) is 4.98 Å². The van der Waals surface area contributed by atoms with Crippen LogP contribution in [0.5, 0.6) is 0 Å². The van der Waals surface area contributed by atoms with Crippen LogP contribution in [0.3, 0.4) is 0 Å². The number of carbonyl (C=O) groups excluding carboxylic acids is 1. The fourth-order valence-electron chi connectivity index (χ4n) is 3.57. The summed E-state index contributed by atoms with van der Waals surface area (Å²) in [7, 11) is -3.00. The van der Waals surface area contributed by atoms with Crippen LogP contribution in [0, 0.1) is 0 Å². The summed E-state index contributed by atoms with van der Waals surface area (Å²) in [4.78, 5) is 17.0. The number of fused-ring (bicyclic) bond motifs is 1. The highest BCUT2D eigenvalue weighted by Gasteiger charge is 2.28. The van der Waals surface area contributed by atoms with Gasteiger partial charge in [0.15, 0.2) is 15.0 Å². The SMILES string of the molecule is O=C(CSc1nc2ccccc2n1CCc1ccccc1)N[C@@H]1CCS(=O)(=O)C1. The van der Waals surface area contributed by atoms with Crippen molar-refractivity contribution in [1.82, 2.24) is 14.9 Å². The molecule has 4 rings (SSSR count). The van der Waals surface area contributed by atoms with Crippen LogP contribution in [-0.2, 0) is 27.6 Å². The molecule has 1 saturated heterocycles. The number of benzene rings is 2. The second-order valence-corrected chi connectivity index (χ2v) is 10.4. The number of sulfone groups is 1. The largest absolute Gasteiger partial charge is 0.352 e. The van der Waals surface area contributed by atoms with Gasteiger partial charge in [-0.1, -0.05) is 54.2 Å². The minimum absolute atomic E-state index is 0.0407. The predicted molar refractivity (Wildman–Crippen MR) is 116 cm³/mol. The molecule has 0 saturated carbocycles. The molecule has 29 heavy (non-hydrogen) atoms. The van der Waals surface area contributed by atoms with E-state index >= 15 is 0 Å². The van der Waals surface area contributed by atoms with E-state index in [1.807, 2.05) is 42.5 Å². The lowest BCUT2D eigenvalue weighted by molar-refractivity contribution is -0.119. The third kappa shape index (κ3) is 5.00. The average molecular weight is 430 g/mol. The molecular formula is C21H23N3O3S2. The zero-order valence-electron chi connectivity index (χ0n) is 16.0. The lowest BCUT2D eigenvalue weighted by Crippen LogP contribution is -2.36. The monoisotopic (exact) mass is 429 g/mol. The molecule has 1 amide bonds. The van der Waals surface area contributed by atoms with E-state index in [9.17, 15) is 13.2 Å². The molecule has 8 heteroatoms. The average Bonchev–Trinajstić information content (AvgIpc) is 3.24. The fraction of sp³-hybridized carbons (Fsp3) is 0.333. The molecule has 1 N–H and O–H groups in total. The van der Waals surface area contributed by atoms with Gasteiger partial charge in [0.2, 0.25) is 5.91 Å². The molecule has 2 aromatic carbocycles. The van der Waals surface area contributed by atoms with Crippen molar-refractivity contribution in [3.63, 3.8) is 0 Å². The highest BCUT2D eigenvalue weighted by Crippen LogP contribution is 2.24. The normalized spacial score (nSPS) is 18.1. The maximum Gasteiger partial charge on any atom is 0.230 e. The zero-order valence-corrected chi connectivity index (χ0v) is 17.6. The number of thioether (sulfide) groups is 1. The first-order chi connectivity index (χ1) is 14.0. The Bertz CT molecular complexity index is 1110. The molecule has 1 atom stereocenters. The first-order valence-electron chi connectivity index (χ1n) is 9.62. The van der Waals surface area contributed by atoms with Crippen molar-refractivity contribution in [2.75, 3.05) is 17.3 Å². The minimum Gasteiger partial charge on any atom is -0.352 e. The molecule has 0 radical (unpaired) electrons. The summed E-state index contributed by atoms with van der Waals surface area (Å²) in [5.41, 5.74) is 3.21. The molecule has 1 aliphatic heterocycles. The number of aromatic nitrogens is 2.